The monoisotopic (exact) mass is 248 g/mol. The van der Waals surface area contributed by atoms with Crippen LogP contribution in [-0.4, -0.2) is 33.9 Å². The number of carbonyl (C=O) groups is 1. The van der Waals surface area contributed by atoms with Crippen molar-refractivity contribution < 1.29 is 4.79 Å². The molecule has 3 rings (SSSR count). The predicted octanol–water partition coefficient (Wildman–Crippen LogP) is 1.58. The van der Waals surface area contributed by atoms with Gasteiger partial charge in [0.1, 0.15) is 5.69 Å². The maximum Gasteiger partial charge on any atom is 0.184 e. The molecule has 2 fully saturated rings. The standard InChI is InChI=1S/C13H20N4O/c18-13(6-10-4-2-1-3-5-10)12-9-17(16-15-12)11-7-14-8-11/h9-11,14H,1-8H2. The zero-order valence-corrected chi connectivity index (χ0v) is 10.6. The van der Waals surface area contributed by atoms with Crippen LogP contribution in [-0.2, 0) is 0 Å². The Labute approximate surface area is 107 Å². The third-order valence-corrected chi connectivity index (χ3v) is 4.13. The molecule has 0 radical (unpaired) electrons. The Morgan fingerprint density at radius 2 is 2.11 bits per heavy atom. The van der Waals surface area contributed by atoms with Crippen molar-refractivity contribution in [3.63, 3.8) is 0 Å². The number of ketones is 1. The molecular formula is C13H20N4O. The van der Waals surface area contributed by atoms with Gasteiger partial charge < -0.3 is 5.32 Å². The third-order valence-electron chi connectivity index (χ3n) is 4.13. The van der Waals surface area contributed by atoms with Crippen molar-refractivity contribution in [2.24, 2.45) is 5.92 Å². The summed E-state index contributed by atoms with van der Waals surface area (Å²) in [6.07, 6.45) is 8.75. The van der Waals surface area contributed by atoms with Gasteiger partial charge in [-0.05, 0) is 5.92 Å². The van der Waals surface area contributed by atoms with Crippen LogP contribution < -0.4 is 5.32 Å². The smallest absolute Gasteiger partial charge is 0.184 e. The number of Topliss-reactive ketones (excluding diaryl/α,β-unsaturated/α-hetero) is 1. The number of carbonyl (C=O) groups excluding carboxylic acids is 1. The van der Waals surface area contributed by atoms with E-state index in [9.17, 15) is 4.79 Å². The normalized spacial score (nSPS) is 21.8. The molecule has 1 aliphatic heterocycles. The Hall–Kier alpha value is -1.23. The number of hydrogen-bond donors (Lipinski definition) is 1. The van der Waals surface area contributed by atoms with Crippen LogP contribution in [0.15, 0.2) is 6.20 Å². The van der Waals surface area contributed by atoms with E-state index in [4.69, 9.17) is 0 Å². The quantitative estimate of drug-likeness (QED) is 0.822. The summed E-state index contributed by atoms with van der Waals surface area (Å²) in [5.41, 5.74) is 0.549. The van der Waals surface area contributed by atoms with Gasteiger partial charge in [-0.1, -0.05) is 37.3 Å². The lowest BCUT2D eigenvalue weighted by atomic mass is 9.85. The molecule has 1 aromatic rings. The van der Waals surface area contributed by atoms with Crippen LogP contribution in [0.25, 0.3) is 0 Å². The summed E-state index contributed by atoms with van der Waals surface area (Å²) in [4.78, 5) is 12.1. The van der Waals surface area contributed by atoms with Gasteiger partial charge in [-0.25, -0.2) is 4.68 Å². The minimum Gasteiger partial charge on any atom is -0.312 e. The molecule has 0 amide bonds. The van der Waals surface area contributed by atoms with Crippen molar-refractivity contribution in [1.82, 2.24) is 20.3 Å². The lowest BCUT2D eigenvalue weighted by molar-refractivity contribution is 0.0945. The van der Waals surface area contributed by atoms with Gasteiger partial charge in [-0.15, -0.1) is 5.10 Å². The van der Waals surface area contributed by atoms with Gasteiger partial charge in [0.25, 0.3) is 0 Å². The molecule has 0 spiro atoms. The molecule has 1 aromatic heterocycles. The average molecular weight is 248 g/mol. The van der Waals surface area contributed by atoms with Crippen molar-refractivity contribution in [2.45, 2.75) is 44.6 Å². The first-order valence-electron chi connectivity index (χ1n) is 6.98. The summed E-state index contributed by atoms with van der Waals surface area (Å²) in [7, 11) is 0. The second kappa shape index (κ2) is 5.18. The minimum absolute atomic E-state index is 0.167. The van der Waals surface area contributed by atoms with Crippen LogP contribution in [0.2, 0.25) is 0 Å². The van der Waals surface area contributed by atoms with Crippen LogP contribution in [0.1, 0.15) is 55.1 Å². The van der Waals surface area contributed by atoms with E-state index in [-0.39, 0.29) is 5.78 Å². The van der Waals surface area contributed by atoms with Gasteiger partial charge in [0.2, 0.25) is 0 Å². The summed E-state index contributed by atoms with van der Waals surface area (Å²) in [5, 5.41) is 11.3. The molecule has 0 aromatic carbocycles. The zero-order valence-electron chi connectivity index (χ0n) is 10.6. The molecule has 98 valence electrons. The molecule has 0 atom stereocenters. The molecule has 0 bridgehead atoms. The minimum atomic E-state index is 0.167. The van der Waals surface area contributed by atoms with Gasteiger partial charge in [0.15, 0.2) is 5.78 Å². The molecule has 1 aliphatic carbocycles. The highest BCUT2D eigenvalue weighted by atomic mass is 16.1. The van der Waals surface area contributed by atoms with Crippen molar-refractivity contribution in [3.05, 3.63) is 11.9 Å². The second-order valence-electron chi connectivity index (χ2n) is 5.53. The van der Waals surface area contributed by atoms with E-state index >= 15 is 0 Å². The Bertz CT molecular complexity index is 418. The first kappa shape index (κ1) is 11.8. The third kappa shape index (κ3) is 2.46. The Kier molecular flexibility index (Phi) is 3.41. The van der Waals surface area contributed by atoms with Gasteiger partial charge >= 0.3 is 0 Å². The van der Waals surface area contributed by atoms with Gasteiger partial charge in [0, 0.05) is 19.5 Å². The largest absolute Gasteiger partial charge is 0.312 e. The number of nitrogens with zero attached hydrogens (tertiary/aromatic N) is 3. The second-order valence-corrected chi connectivity index (χ2v) is 5.53. The van der Waals surface area contributed by atoms with Gasteiger partial charge in [-0.2, -0.15) is 0 Å². The number of hydrogen-bond acceptors (Lipinski definition) is 4. The first-order valence-corrected chi connectivity index (χ1v) is 6.98. The van der Waals surface area contributed by atoms with E-state index in [1.165, 1.54) is 32.1 Å². The van der Waals surface area contributed by atoms with Crippen LogP contribution in [0, 0.1) is 5.92 Å². The molecule has 1 saturated carbocycles. The van der Waals surface area contributed by atoms with Crippen LogP contribution in [0.5, 0.6) is 0 Å². The highest BCUT2D eigenvalue weighted by molar-refractivity contribution is 5.93. The number of aromatic nitrogens is 3. The maximum absolute atomic E-state index is 12.1. The summed E-state index contributed by atoms with van der Waals surface area (Å²) in [5.74, 6) is 0.738. The number of rotatable bonds is 4. The Morgan fingerprint density at radius 3 is 2.78 bits per heavy atom. The lowest BCUT2D eigenvalue weighted by Gasteiger charge is -2.26. The molecule has 5 nitrogen and oxygen atoms in total. The SMILES string of the molecule is O=C(CC1CCCCC1)c1cn(C2CNC2)nn1. The fourth-order valence-corrected chi connectivity index (χ4v) is 2.80. The molecule has 2 aliphatic rings. The predicted molar refractivity (Wildman–Crippen MR) is 67.5 cm³/mol. The van der Waals surface area contributed by atoms with E-state index < -0.39 is 0 Å². The number of nitrogens with one attached hydrogen (secondary N) is 1. The Balaban J connectivity index is 1.59. The van der Waals surface area contributed by atoms with Crippen LogP contribution >= 0.6 is 0 Å². The molecule has 2 heterocycles. The highest BCUT2D eigenvalue weighted by Gasteiger charge is 2.23. The van der Waals surface area contributed by atoms with Gasteiger partial charge in [0.05, 0.1) is 12.2 Å². The van der Waals surface area contributed by atoms with E-state index in [1.807, 2.05) is 10.9 Å². The van der Waals surface area contributed by atoms with Crippen molar-refractivity contribution in [3.8, 4) is 0 Å². The van der Waals surface area contributed by atoms with E-state index in [2.05, 4.69) is 15.6 Å². The van der Waals surface area contributed by atoms with Crippen molar-refractivity contribution in [1.29, 1.82) is 0 Å². The lowest BCUT2D eigenvalue weighted by Crippen LogP contribution is -2.43. The van der Waals surface area contributed by atoms with Crippen LogP contribution in [0.4, 0.5) is 0 Å². The zero-order chi connectivity index (χ0) is 12.4. The highest BCUT2D eigenvalue weighted by Crippen LogP contribution is 2.27. The van der Waals surface area contributed by atoms with Crippen LogP contribution in [0.3, 0.4) is 0 Å². The van der Waals surface area contributed by atoms with E-state index in [0.717, 1.165) is 13.1 Å². The maximum atomic E-state index is 12.1. The summed E-state index contributed by atoms with van der Waals surface area (Å²) >= 11 is 0. The molecule has 1 saturated heterocycles. The molecule has 18 heavy (non-hydrogen) atoms. The van der Waals surface area contributed by atoms with Crippen molar-refractivity contribution >= 4 is 5.78 Å². The summed E-state index contributed by atoms with van der Waals surface area (Å²) in [6.45, 7) is 1.86. The molecule has 5 heteroatoms. The molecular weight excluding hydrogens is 228 g/mol. The molecule has 1 N–H and O–H groups in total. The topological polar surface area (TPSA) is 59.8 Å². The van der Waals surface area contributed by atoms with Crippen molar-refractivity contribution in [2.75, 3.05) is 13.1 Å². The fraction of sp³-hybridized carbons (Fsp3) is 0.769. The average Bonchev–Trinajstić information content (AvgIpc) is 2.77. The summed E-state index contributed by atoms with van der Waals surface area (Å²) < 4.78 is 1.82. The van der Waals surface area contributed by atoms with Gasteiger partial charge in [-0.3, -0.25) is 4.79 Å². The van der Waals surface area contributed by atoms with E-state index in [1.54, 1.807) is 0 Å². The first-order chi connectivity index (χ1) is 8.83. The Morgan fingerprint density at radius 1 is 1.33 bits per heavy atom. The summed E-state index contributed by atoms with van der Waals surface area (Å²) in [6, 6.07) is 0.383. The van der Waals surface area contributed by atoms with E-state index in [0.29, 0.717) is 24.1 Å². The fourth-order valence-electron chi connectivity index (χ4n) is 2.80. The molecule has 0 unspecified atom stereocenters.